The first-order valence-corrected chi connectivity index (χ1v) is 51.8. The molecule has 0 N–H and O–H groups in total. The Labute approximate surface area is 846 Å². The Morgan fingerprint density at radius 1 is 0.168 bits per heavy atom. The van der Waals surface area contributed by atoms with Gasteiger partial charge in [-0.1, -0.05) is 322 Å². The molecule has 656 valence electrons. The van der Waals surface area contributed by atoms with Crippen LogP contribution in [0.3, 0.4) is 0 Å². The lowest BCUT2D eigenvalue weighted by molar-refractivity contribution is 1.29. The van der Waals surface area contributed by atoms with Crippen LogP contribution < -0.4 is 19.6 Å². The van der Waals surface area contributed by atoms with Gasteiger partial charge in [0.25, 0.3) is 0 Å². The summed E-state index contributed by atoms with van der Waals surface area (Å²) in [5.74, 6) is 0. The third-order valence-electron chi connectivity index (χ3n) is 24.9. The number of hydrogen-bond donors (Lipinski definition) is 0. The SMILES string of the molecule is Brc1cc(N(c2ccccc2)c2cc(-c3ccccc3)c3ccccc3c2)cc2c1sc1ccccc12.Brc1cc(N(c2ccccc2)c2cccc(-c3ccccc3-c3ccccc3)c2)cc2c1sc1ccccc12.Brc1cc(N(c2ccccc2)c2ccccc2)cc2c1sc1cccc(-c3ccccc3)c12.Cc1cccc2sc3c(Br)cc(N(c4ccccc4)c4ccccc4)cc3c12. The van der Waals surface area contributed by atoms with Crippen LogP contribution in [0.2, 0.25) is 0 Å². The van der Waals surface area contributed by atoms with Gasteiger partial charge in [-0.15, -0.1) is 45.3 Å². The van der Waals surface area contributed by atoms with Gasteiger partial charge in [-0.25, -0.2) is 0 Å². The largest absolute Gasteiger partial charge is 0.310 e. The quantitative estimate of drug-likeness (QED) is 0.0956. The molecule has 4 nitrogen and oxygen atoms in total. The number of thiophene rings is 4. The first kappa shape index (κ1) is 88.2. The summed E-state index contributed by atoms with van der Waals surface area (Å²) in [6.45, 7) is 2.20. The van der Waals surface area contributed by atoms with Gasteiger partial charge in [-0.2, -0.15) is 0 Å². The Balaban J connectivity index is 0.000000106. The molecule has 0 fully saturated rings. The van der Waals surface area contributed by atoms with E-state index in [1.165, 1.54) is 142 Å². The minimum atomic E-state index is 1.11. The van der Waals surface area contributed by atoms with Gasteiger partial charge in [0.15, 0.2) is 0 Å². The van der Waals surface area contributed by atoms with E-state index in [1.54, 1.807) is 0 Å². The Kier molecular flexibility index (Phi) is 25.5. The summed E-state index contributed by atoms with van der Waals surface area (Å²) < 4.78 is 14.9. The van der Waals surface area contributed by atoms with E-state index < -0.39 is 0 Å². The Hall–Kier alpha value is -14.1. The Bertz CT molecular complexity index is 8590. The molecule has 4 aromatic heterocycles. The zero-order valence-corrected chi connectivity index (χ0v) is 83.8. The van der Waals surface area contributed by atoms with Crippen molar-refractivity contribution in [2.24, 2.45) is 0 Å². The molecule has 0 atom stereocenters. The molecular weight excluding hydrogens is 2010 g/mol. The average molecular weight is 2090 g/mol. The second kappa shape index (κ2) is 39.7. The number of hydrogen-bond acceptors (Lipinski definition) is 8. The van der Waals surface area contributed by atoms with E-state index in [4.69, 9.17) is 0 Å². The second-order valence-electron chi connectivity index (χ2n) is 33.5. The predicted octanol–water partition coefficient (Wildman–Crippen LogP) is 41.3. The van der Waals surface area contributed by atoms with Gasteiger partial charge < -0.3 is 19.6 Å². The summed E-state index contributed by atoms with van der Waals surface area (Å²) in [4.78, 5) is 9.35. The lowest BCUT2D eigenvalue weighted by Crippen LogP contribution is -2.10. The fourth-order valence-electron chi connectivity index (χ4n) is 18.8. The van der Waals surface area contributed by atoms with Gasteiger partial charge in [0, 0.05) is 167 Å². The van der Waals surface area contributed by atoms with Crippen LogP contribution in [0, 0.1) is 6.92 Å². The lowest BCUT2D eigenvalue weighted by Gasteiger charge is -2.27. The zero-order chi connectivity index (χ0) is 92.2. The van der Waals surface area contributed by atoms with E-state index in [1.807, 2.05) is 45.3 Å². The van der Waals surface area contributed by atoms with Crippen LogP contribution >= 0.6 is 109 Å². The predicted molar refractivity (Wildman–Crippen MR) is 611 cm³/mol. The number of aryl methyl sites for hydroxylation is 1. The highest BCUT2D eigenvalue weighted by Crippen LogP contribution is 2.53. The fourth-order valence-corrected chi connectivity index (χ4v) is 26.0. The summed E-state index contributed by atoms with van der Waals surface area (Å²) >= 11 is 22.9. The topological polar surface area (TPSA) is 13.0 Å². The second-order valence-corrected chi connectivity index (χ2v) is 41.1. The summed E-state index contributed by atoms with van der Waals surface area (Å²) in [6.07, 6.45) is 0. The third-order valence-corrected chi connectivity index (χ3v) is 33.3. The maximum absolute atomic E-state index is 3.91. The van der Waals surface area contributed by atoms with Crippen LogP contribution in [-0.4, -0.2) is 0 Å². The van der Waals surface area contributed by atoms with Crippen molar-refractivity contribution in [3.63, 3.8) is 0 Å². The van der Waals surface area contributed by atoms with Gasteiger partial charge in [-0.3, -0.25) is 0 Å². The van der Waals surface area contributed by atoms with E-state index in [-0.39, 0.29) is 0 Å². The highest BCUT2D eigenvalue weighted by atomic mass is 79.9. The third kappa shape index (κ3) is 18.0. The van der Waals surface area contributed by atoms with Crippen molar-refractivity contribution >= 4 is 269 Å². The molecule has 0 saturated carbocycles. The van der Waals surface area contributed by atoms with Crippen LogP contribution in [0.15, 0.2) is 509 Å². The summed E-state index contributed by atoms with van der Waals surface area (Å²) in [5.41, 5.74) is 24.8. The van der Waals surface area contributed by atoms with E-state index in [2.05, 4.69) is 582 Å². The lowest BCUT2D eigenvalue weighted by atomic mass is 9.94. The fraction of sp³-hybridized carbons (Fsp3) is 0.00800. The molecule has 25 aromatic rings. The van der Waals surface area contributed by atoms with Gasteiger partial charge in [0.1, 0.15) is 0 Å². The Morgan fingerprint density at radius 3 is 0.876 bits per heavy atom. The van der Waals surface area contributed by atoms with Crippen LogP contribution in [0.1, 0.15) is 5.56 Å². The molecule has 0 aliphatic heterocycles. The molecule has 25 rings (SSSR count). The molecule has 137 heavy (non-hydrogen) atoms. The highest BCUT2D eigenvalue weighted by molar-refractivity contribution is 9.11. The molecule has 0 amide bonds. The molecular formula is C125H84Br4N4S4. The highest BCUT2D eigenvalue weighted by Gasteiger charge is 2.25. The van der Waals surface area contributed by atoms with Crippen molar-refractivity contribution < 1.29 is 0 Å². The minimum absolute atomic E-state index is 1.11. The monoisotopic (exact) mass is 2080 g/mol. The maximum Gasteiger partial charge on any atom is 0.0499 e. The number of fused-ring (bicyclic) bond motifs is 13. The van der Waals surface area contributed by atoms with E-state index in [0.717, 1.165) is 86.1 Å². The molecule has 0 saturated heterocycles. The molecule has 21 aromatic carbocycles. The Morgan fingerprint density at radius 2 is 0.438 bits per heavy atom. The average Bonchev–Trinajstić information content (AvgIpc) is 1.62. The minimum Gasteiger partial charge on any atom is -0.310 e. The maximum atomic E-state index is 3.91. The van der Waals surface area contributed by atoms with Gasteiger partial charge >= 0.3 is 0 Å². The van der Waals surface area contributed by atoms with Gasteiger partial charge in [-0.05, 0) is 301 Å². The molecule has 0 aliphatic carbocycles. The van der Waals surface area contributed by atoms with Crippen molar-refractivity contribution in [3.8, 4) is 44.5 Å². The number of rotatable bonds is 16. The van der Waals surface area contributed by atoms with Crippen molar-refractivity contribution in [1.29, 1.82) is 0 Å². The van der Waals surface area contributed by atoms with Gasteiger partial charge in [0.2, 0.25) is 0 Å². The summed E-state index contributed by atoms with van der Waals surface area (Å²) in [5, 5.41) is 12.8. The summed E-state index contributed by atoms with van der Waals surface area (Å²) in [6, 6.07) is 175. The molecule has 0 spiro atoms. The van der Waals surface area contributed by atoms with Gasteiger partial charge in [0.05, 0.1) is 0 Å². The van der Waals surface area contributed by atoms with Crippen LogP contribution in [0.4, 0.5) is 68.2 Å². The van der Waals surface area contributed by atoms with E-state index in [0.29, 0.717) is 0 Å². The van der Waals surface area contributed by atoms with Crippen molar-refractivity contribution in [2.75, 3.05) is 19.6 Å². The smallest absolute Gasteiger partial charge is 0.0499 e. The van der Waals surface area contributed by atoms with Crippen molar-refractivity contribution in [3.05, 3.63) is 515 Å². The van der Waals surface area contributed by atoms with E-state index in [9.17, 15) is 0 Å². The molecule has 0 unspecified atom stereocenters. The van der Waals surface area contributed by atoms with Crippen molar-refractivity contribution in [1.82, 2.24) is 0 Å². The standard InChI is InChI=1S/C36H24BrNS.C34H22BrNS.C30H20BrNS.C25H18BrNS/c37-34-24-29(23-33-32-20-9-10-21-35(32)39-36(33)34)38(27-15-5-2-6-16-27)28-17-11-14-26(22-28)31-19-8-7-18-30(31)25-12-3-1-4-13-25;35-32-22-27(21-31-29-17-9-10-18-33(29)37-34(31)32)36(25-14-5-2-6-15-25)26-19-24-13-7-8-16-28(24)30(20-26)23-11-3-1-4-12-23;31-27-20-24(32(22-13-6-2-7-14-22)23-15-8-3-9-16-23)19-26-29-25(21-11-4-1-5-12-21)17-10-18-28(29)33-30(26)27;1-17-9-8-14-23-24(17)21-15-20(16-22(26)25(21)28-23)27(18-10-4-2-5-11-18)19-12-6-3-7-13-19/h1-24H;1-22H;1-20H;2-16H,1H3. The zero-order valence-electron chi connectivity index (χ0n) is 74.2. The van der Waals surface area contributed by atoms with Crippen LogP contribution in [0.5, 0.6) is 0 Å². The van der Waals surface area contributed by atoms with Crippen molar-refractivity contribution in [2.45, 2.75) is 6.92 Å². The molecule has 0 radical (unpaired) electrons. The number of halogens is 4. The molecule has 0 bridgehead atoms. The molecule has 12 heteroatoms. The first-order chi connectivity index (χ1) is 67.5. The first-order valence-electron chi connectivity index (χ1n) is 45.4. The number of nitrogens with zero attached hydrogens (tertiary/aromatic N) is 4. The number of anilines is 12. The number of para-hydroxylation sites is 6. The van der Waals surface area contributed by atoms with Crippen LogP contribution in [-0.2, 0) is 0 Å². The molecule has 0 aliphatic rings. The number of benzene rings is 21. The normalized spacial score (nSPS) is 11.2. The summed E-state index contributed by atoms with van der Waals surface area (Å²) in [7, 11) is 0. The van der Waals surface area contributed by atoms with E-state index >= 15 is 0 Å². The molecule has 4 heterocycles. The van der Waals surface area contributed by atoms with Crippen LogP contribution in [0.25, 0.3) is 136 Å².